The maximum absolute atomic E-state index is 13.3. The van der Waals surface area contributed by atoms with Gasteiger partial charge in [0.1, 0.15) is 6.54 Å². The number of anilines is 2. The zero-order valence-electron chi connectivity index (χ0n) is 16.4. The van der Waals surface area contributed by atoms with Crippen molar-refractivity contribution in [1.29, 1.82) is 0 Å². The molecular weight excluding hydrogens is 443 g/mol. The molecule has 0 aliphatic carbocycles. The predicted octanol–water partition coefficient (Wildman–Crippen LogP) is 5.44. The van der Waals surface area contributed by atoms with Crippen molar-refractivity contribution >= 4 is 50.5 Å². The first kappa shape index (κ1) is 22.2. The number of aryl methyl sites for hydroxylation is 1. The van der Waals surface area contributed by atoms with Crippen molar-refractivity contribution < 1.29 is 13.2 Å². The van der Waals surface area contributed by atoms with E-state index in [9.17, 15) is 13.2 Å². The van der Waals surface area contributed by atoms with Gasteiger partial charge in [-0.3, -0.25) is 9.10 Å². The average Bonchev–Trinajstić information content (AvgIpc) is 2.72. The third kappa shape index (κ3) is 4.78. The number of benzene rings is 3. The summed E-state index contributed by atoms with van der Waals surface area (Å²) in [5.41, 5.74) is 2.32. The fraction of sp³-hybridized carbons (Fsp3) is 0.136. The molecule has 3 aromatic rings. The van der Waals surface area contributed by atoms with Gasteiger partial charge in [-0.05, 0) is 61.4 Å². The van der Waals surface area contributed by atoms with Crippen LogP contribution in [0.1, 0.15) is 11.1 Å². The van der Waals surface area contributed by atoms with E-state index >= 15 is 0 Å². The van der Waals surface area contributed by atoms with E-state index in [1.807, 2.05) is 6.92 Å². The van der Waals surface area contributed by atoms with E-state index in [4.69, 9.17) is 23.2 Å². The molecule has 0 radical (unpaired) electrons. The maximum atomic E-state index is 13.3. The van der Waals surface area contributed by atoms with Gasteiger partial charge in [0.2, 0.25) is 5.91 Å². The summed E-state index contributed by atoms with van der Waals surface area (Å²) in [7, 11) is -4.00. The highest BCUT2D eigenvalue weighted by molar-refractivity contribution is 7.92. The van der Waals surface area contributed by atoms with Crippen molar-refractivity contribution in [2.75, 3.05) is 16.2 Å². The molecule has 0 fully saturated rings. The number of amides is 1. The van der Waals surface area contributed by atoms with Crippen molar-refractivity contribution in [3.05, 3.63) is 87.9 Å². The van der Waals surface area contributed by atoms with E-state index in [0.717, 1.165) is 9.87 Å². The van der Waals surface area contributed by atoms with Crippen LogP contribution in [0.15, 0.2) is 71.6 Å². The molecule has 0 saturated carbocycles. The number of carbonyl (C=O) groups excluding carboxylic acids is 1. The zero-order chi connectivity index (χ0) is 21.9. The highest BCUT2D eigenvalue weighted by Crippen LogP contribution is 2.28. The molecule has 3 aromatic carbocycles. The largest absolute Gasteiger partial charge is 0.324 e. The summed E-state index contributed by atoms with van der Waals surface area (Å²) in [4.78, 5) is 12.9. The number of hydrogen-bond donors (Lipinski definition) is 1. The van der Waals surface area contributed by atoms with Gasteiger partial charge in [-0.1, -0.05) is 53.5 Å². The Morgan fingerprint density at radius 3 is 2.30 bits per heavy atom. The van der Waals surface area contributed by atoms with Crippen molar-refractivity contribution in [3.63, 3.8) is 0 Å². The van der Waals surface area contributed by atoms with E-state index in [1.54, 1.807) is 55.5 Å². The Balaban J connectivity index is 1.98. The molecule has 0 saturated heterocycles. The molecule has 0 bridgehead atoms. The van der Waals surface area contributed by atoms with E-state index in [2.05, 4.69) is 5.32 Å². The fourth-order valence-electron chi connectivity index (χ4n) is 2.83. The Labute approximate surface area is 186 Å². The lowest BCUT2D eigenvalue weighted by atomic mass is 10.2. The Kier molecular flexibility index (Phi) is 6.71. The second kappa shape index (κ2) is 9.08. The summed E-state index contributed by atoms with van der Waals surface area (Å²) < 4.78 is 27.7. The summed E-state index contributed by atoms with van der Waals surface area (Å²) in [6, 6.07) is 18.0. The van der Waals surface area contributed by atoms with E-state index in [0.29, 0.717) is 27.0 Å². The number of sulfonamides is 1. The molecule has 30 heavy (non-hydrogen) atoms. The zero-order valence-corrected chi connectivity index (χ0v) is 18.7. The van der Waals surface area contributed by atoms with Crippen LogP contribution in [0.2, 0.25) is 10.0 Å². The number of nitrogens with zero attached hydrogens (tertiary/aromatic N) is 1. The molecule has 5 nitrogen and oxygen atoms in total. The smallest absolute Gasteiger partial charge is 0.264 e. The maximum Gasteiger partial charge on any atom is 0.264 e. The Morgan fingerprint density at radius 1 is 0.933 bits per heavy atom. The fourth-order valence-corrected chi connectivity index (χ4v) is 4.62. The summed E-state index contributed by atoms with van der Waals surface area (Å²) in [6.45, 7) is 3.16. The molecule has 0 unspecified atom stereocenters. The van der Waals surface area contributed by atoms with Gasteiger partial charge in [0.05, 0.1) is 10.6 Å². The molecule has 1 N–H and O–H groups in total. The average molecular weight is 463 g/mol. The van der Waals surface area contributed by atoms with Crippen LogP contribution in [0.3, 0.4) is 0 Å². The molecule has 156 valence electrons. The second-order valence-corrected chi connectivity index (χ2v) is 9.40. The van der Waals surface area contributed by atoms with Gasteiger partial charge >= 0.3 is 0 Å². The van der Waals surface area contributed by atoms with Crippen LogP contribution in [0.25, 0.3) is 0 Å². The molecule has 0 aliphatic rings. The molecule has 3 rings (SSSR count). The van der Waals surface area contributed by atoms with Crippen LogP contribution in [0.5, 0.6) is 0 Å². The standard InChI is InChI=1S/C22H20Cl2N2O3S/c1-15-11-12-17(13-20(15)24)26(30(28,29)18-7-4-3-5-8-18)14-22(27)25-21-10-6-9-19(23)16(21)2/h3-13H,14H2,1-2H3,(H,25,27). The predicted molar refractivity (Wildman–Crippen MR) is 122 cm³/mol. The van der Waals surface area contributed by atoms with E-state index < -0.39 is 22.5 Å². The Bertz CT molecular complexity index is 1180. The van der Waals surface area contributed by atoms with Crippen LogP contribution < -0.4 is 9.62 Å². The van der Waals surface area contributed by atoms with Crippen LogP contribution in [-0.2, 0) is 14.8 Å². The van der Waals surface area contributed by atoms with Crippen LogP contribution in [-0.4, -0.2) is 20.9 Å². The lowest BCUT2D eigenvalue weighted by molar-refractivity contribution is -0.114. The molecule has 1 amide bonds. The number of nitrogens with one attached hydrogen (secondary N) is 1. The summed E-state index contributed by atoms with van der Waals surface area (Å²) in [6.07, 6.45) is 0. The lowest BCUT2D eigenvalue weighted by Crippen LogP contribution is -2.38. The van der Waals surface area contributed by atoms with Crippen molar-refractivity contribution in [2.24, 2.45) is 0 Å². The summed E-state index contributed by atoms with van der Waals surface area (Å²) in [5.74, 6) is -0.503. The third-order valence-electron chi connectivity index (χ3n) is 4.60. The van der Waals surface area contributed by atoms with Crippen molar-refractivity contribution in [2.45, 2.75) is 18.7 Å². The molecule has 0 heterocycles. The van der Waals surface area contributed by atoms with Gasteiger partial charge in [0.25, 0.3) is 10.0 Å². The lowest BCUT2D eigenvalue weighted by Gasteiger charge is -2.24. The topological polar surface area (TPSA) is 66.5 Å². The second-order valence-electron chi connectivity index (χ2n) is 6.72. The van der Waals surface area contributed by atoms with Gasteiger partial charge < -0.3 is 5.32 Å². The number of rotatable bonds is 6. The minimum atomic E-state index is -4.00. The molecule has 0 aromatic heterocycles. The van der Waals surface area contributed by atoms with Crippen LogP contribution in [0.4, 0.5) is 11.4 Å². The number of carbonyl (C=O) groups is 1. The monoisotopic (exact) mass is 462 g/mol. The van der Waals surface area contributed by atoms with E-state index in [-0.39, 0.29) is 4.90 Å². The normalized spacial score (nSPS) is 11.2. The Morgan fingerprint density at radius 2 is 1.63 bits per heavy atom. The van der Waals surface area contributed by atoms with Gasteiger partial charge in [0, 0.05) is 15.7 Å². The SMILES string of the molecule is Cc1ccc(N(CC(=O)Nc2cccc(Cl)c2C)S(=O)(=O)c2ccccc2)cc1Cl. The van der Waals surface area contributed by atoms with E-state index in [1.165, 1.54) is 18.2 Å². The third-order valence-corrected chi connectivity index (χ3v) is 7.21. The van der Waals surface area contributed by atoms with Crippen LogP contribution in [0, 0.1) is 13.8 Å². The number of halogens is 2. The molecule has 0 spiro atoms. The highest BCUT2D eigenvalue weighted by Gasteiger charge is 2.27. The van der Waals surface area contributed by atoms with Crippen LogP contribution >= 0.6 is 23.2 Å². The first-order valence-corrected chi connectivity index (χ1v) is 11.3. The first-order chi connectivity index (χ1) is 14.2. The molecule has 0 atom stereocenters. The van der Waals surface area contributed by atoms with Gasteiger partial charge in [0.15, 0.2) is 0 Å². The number of hydrogen-bond acceptors (Lipinski definition) is 3. The van der Waals surface area contributed by atoms with Crippen molar-refractivity contribution in [1.82, 2.24) is 0 Å². The minimum absolute atomic E-state index is 0.0773. The van der Waals surface area contributed by atoms with Gasteiger partial charge in [-0.2, -0.15) is 0 Å². The Hall–Kier alpha value is -2.54. The highest BCUT2D eigenvalue weighted by atomic mass is 35.5. The first-order valence-electron chi connectivity index (χ1n) is 9.09. The summed E-state index contributed by atoms with van der Waals surface area (Å²) >= 11 is 12.3. The van der Waals surface area contributed by atoms with Gasteiger partial charge in [-0.25, -0.2) is 8.42 Å². The van der Waals surface area contributed by atoms with Crippen molar-refractivity contribution in [3.8, 4) is 0 Å². The minimum Gasteiger partial charge on any atom is -0.324 e. The summed E-state index contributed by atoms with van der Waals surface area (Å²) in [5, 5.41) is 3.65. The molecule has 8 heteroatoms. The van der Waals surface area contributed by atoms with Gasteiger partial charge in [-0.15, -0.1) is 0 Å². The quantitative estimate of drug-likeness (QED) is 0.529. The molecule has 0 aliphatic heterocycles. The molecular formula is C22H20Cl2N2O3S.